The number of hydrogen-bond acceptors (Lipinski definition) is 3. The highest BCUT2D eigenvalue weighted by Gasteiger charge is 2.52. The number of alkyl halides is 3. The van der Waals surface area contributed by atoms with E-state index >= 15 is 0 Å². The number of amides is 2. The molecule has 1 aromatic rings. The van der Waals surface area contributed by atoms with Crippen molar-refractivity contribution in [1.29, 1.82) is 0 Å². The van der Waals surface area contributed by atoms with Crippen molar-refractivity contribution in [3.05, 3.63) is 23.8 Å². The van der Waals surface area contributed by atoms with Gasteiger partial charge in [0.15, 0.2) is 0 Å². The number of carbonyl (C=O) groups is 1. The minimum absolute atomic E-state index is 0.00875. The maximum atomic E-state index is 12.8. The molecule has 2 aliphatic heterocycles. The Morgan fingerprint density at radius 1 is 1.23 bits per heavy atom. The smallest absolute Gasteiger partial charge is 0.399 e. The molecule has 163 valence electrons. The molecular weight excluding hydrogens is 412 g/mol. The van der Waals surface area contributed by atoms with E-state index in [0.29, 0.717) is 5.69 Å². The predicted molar refractivity (Wildman–Crippen MR) is 111 cm³/mol. The Kier molecular flexibility index (Phi) is 5.84. The fourth-order valence-electron chi connectivity index (χ4n) is 3.72. The molecule has 0 aromatic heterocycles. The molecule has 3 radical (unpaired) electrons. The van der Waals surface area contributed by atoms with Crippen LogP contribution >= 0.6 is 0 Å². The number of nitrogens with one attached hydrogen (secondary N) is 1. The van der Waals surface area contributed by atoms with Crippen molar-refractivity contribution in [3.8, 4) is 0 Å². The minimum Gasteiger partial charge on any atom is -0.399 e. The number of urea groups is 1. The number of halogens is 3. The average Bonchev–Trinajstić information content (AvgIpc) is 3.04. The van der Waals surface area contributed by atoms with Crippen molar-refractivity contribution in [2.45, 2.75) is 69.9 Å². The quantitative estimate of drug-likeness (QED) is 0.729. The summed E-state index contributed by atoms with van der Waals surface area (Å²) in [5, 5.41) is 1.65. The summed E-state index contributed by atoms with van der Waals surface area (Å²) in [5.74, 6) is 0. The first-order valence-electron chi connectivity index (χ1n) is 9.95. The highest BCUT2D eigenvalue weighted by molar-refractivity contribution is 6.62. The number of carbonyl (C=O) groups excluding carboxylic acids is 1. The summed E-state index contributed by atoms with van der Waals surface area (Å²) in [6.07, 6.45) is -5.02. The third-order valence-corrected chi connectivity index (χ3v) is 6.80. The Morgan fingerprint density at radius 2 is 1.83 bits per heavy atom. The number of hydrogen-bond donors (Lipinski definition) is 1. The van der Waals surface area contributed by atoms with Crippen molar-refractivity contribution < 1.29 is 27.3 Å². The fraction of sp³-hybridized carbons (Fsp3) is 0.650. The molecule has 1 N–H and O–H groups in total. The topological polar surface area (TPSA) is 50.8 Å². The predicted octanol–water partition coefficient (Wildman–Crippen LogP) is 3.81. The van der Waals surface area contributed by atoms with Gasteiger partial charge in [0.2, 0.25) is 0 Å². The Balaban J connectivity index is 1.70. The zero-order valence-electron chi connectivity index (χ0n) is 17.9. The van der Waals surface area contributed by atoms with Crippen LogP contribution in [0.1, 0.15) is 46.1 Å². The number of benzene rings is 1. The van der Waals surface area contributed by atoms with Gasteiger partial charge in [0.1, 0.15) is 0 Å². The van der Waals surface area contributed by atoms with Crippen molar-refractivity contribution in [2.75, 3.05) is 18.4 Å². The number of nitrogens with zero attached hydrogens (tertiary/aromatic N) is 1. The monoisotopic (exact) mass is 439 g/mol. The second-order valence-corrected chi connectivity index (χ2v) is 10.4. The molecule has 2 saturated heterocycles. The standard InChI is InChI=1S/C20H27BF3N2O3Si/c1-13-6-7-14(10-15(13)21-28-17(2,3)18(4,5)29-21)25-16(27)26-9-8-19(30,12-26)11-20(22,23)24/h6-7,10H,8-9,11-12H2,1-5H3,(H,25,27)/t19-/m1/s1. The molecule has 0 spiro atoms. The van der Waals surface area contributed by atoms with E-state index in [1.807, 2.05) is 40.7 Å². The van der Waals surface area contributed by atoms with E-state index < -0.39 is 42.0 Å². The molecule has 2 amide bonds. The van der Waals surface area contributed by atoms with E-state index in [-0.39, 0.29) is 19.5 Å². The maximum Gasteiger partial charge on any atom is 0.495 e. The number of rotatable bonds is 3. The van der Waals surface area contributed by atoms with Gasteiger partial charge in [-0.2, -0.15) is 13.2 Å². The van der Waals surface area contributed by atoms with Gasteiger partial charge in [-0.05, 0) is 63.7 Å². The van der Waals surface area contributed by atoms with E-state index in [1.165, 1.54) is 4.90 Å². The lowest BCUT2D eigenvalue weighted by atomic mass is 9.76. The van der Waals surface area contributed by atoms with Crippen LogP contribution in [-0.2, 0) is 9.31 Å². The van der Waals surface area contributed by atoms with Crippen LogP contribution in [0.4, 0.5) is 23.7 Å². The van der Waals surface area contributed by atoms with Crippen LogP contribution in [0.3, 0.4) is 0 Å². The van der Waals surface area contributed by atoms with Crippen LogP contribution in [-0.4, -0.2) is 58.8 Å². The van der Waals surface area contributed by atoms with Gasteiger partial charge in [0.25, 0.3) is 0 Å². The molecule has 0 unspecified atom stereocenters. The van der Waals surface area contributed by atoms with Crippen molar-refractivity contribution in [1.82, 2.24) is 4.90 Å². The highest BCUT2D eigenvalue weighted by atomic mass is 28.1. The summed E-state index contributed by atoms with van der Waals surface area (Å²) < 4.78 is 50.6. The van der Waals surface area contributed by atoms with Gasteiger partial charge in [0, 0.05) is 35.4 Å². The molecule has 5 nitrogen and oxygen atoms in total. The molecule has 2 heterocycles. The third-order valence-electron chi connectivity index (χ3n) is 6.22. The van der Waals surface area contributed by atoms with Crippen LogP contribution in [0.25, 0.3) is 0 Å². The van der Waals surface area contributed by atoms with E-state index in [0.717, 1.165) is 11.0 Å². The molecule has 30 heavy (non-hydrogen) atoms. The Morgan fingerprint density at radius 3 is 2.40 bits per heavy atom. The SMILES string of the molecule is Cc1ccc(NC(=O)N2CC[C@@]([Si])(CC(F)(F)F)C2)cc1B1OC(C)(C)C(C)(C)O1. The van der Waals surface area contributed by atoms with Gasteiger partial charge >= 0.3 is 19.3 Å². The number of aryl methyl sites for hydroxylation is 1. The molecule has 1 atom stereocenters. The van der Waals surface area contributed by atoms with Gasteiger partial charge in [0.05, 0.1) is 11.2 Å². The Bertz CT molecular complexity index is 818. The van der Waals surface area contributed by atoms with Gasteiger partial charge < -0.3 is 19.5 Å². The molecule has 0 saturated carbocycles. The van der Waals surface area contributed by atoms with Gasteiger partial charge in [-0.15, -0.1) is 0 Å². The maximum absolute atomic E-state index is 12.8. The summed E-state index contributed by atoms with van der Waals surface area (Å²) in [5.41, 5.74) is 1.32. The summed E-state index contributed by atoms with van der Waals surface area (Å²) >= 11 is 0. The molecular formula is C20H27BF3N2O3Si. The summed E-state index contributed by atoms with van der Waals surface area (Å²) in [6, 6.07) is 4.98. The third kappa shape index (κ3) is 4.86. The molecule has 0 bridgehead atoms. The van der Waals surface area contributed by atoms with Crippen LogP contribution < -0.4 is 10.8 Å². The normalized spacial score (nSPS) is 25.6. The van der Waals surface area contributed by atoms with E-state index in [4.69, 9.17) is 9.31 Å². The van der Waals surface area contributed by atoms with E-state index in [9.17, 15) is 18.0 Å². The van der Waals surface area contributed by atoms with E-state index in [2.05, 4.69) is 15.6 Å². The summed E-state index contributed by atoms with van der Waals surface area (Å²) in [6.45, 7) is 10.0. The average molecular weight is 439 g/mol. The lowest BCUT2D eigenvalue weighted by Crippen LogP contribution is -2.41. The first kappa shape index (κ1) is 23.2. The van der Waals surface area contributed by atoms with Crippen molar-refractivity contribution in [3.63, 3.8) is 0 Å². The van der Waals surface area contributed by atoms with Crippen molar-refractivity contribution >= 4 is 34.5 Å². The second-order valence-electron chi connectivity index (χ2n) is 9.33. The molecule has 3 rings (SSSR count). The van der Waals surface area contributed by atoms with Crippen LogP contribution in [0.15, 0.2) is 18.2 Å². The second kappa shape index (κ2) is 7.56. The first-order chi connectivity index (χ1) is 13.6. The van der Waals surface area contributed by atoms with Crippen LogP contribution in [0.2, 0.25) is 5.04 Å². The first-order valence-corrected chi connectivity index (χ1v) is 10.4. The highest BCUT2D eigenvalue weighted by Crippen LogP contribution is 2.44. The lowest BCUT2D eigenvalue weighted by Gasteiger charge is -2.32. The Hall–Kier alpha value is -1.52. The number of anilines is 1. The zero-order valence-corrected chi connectivity index (χ0v) is 18.9. The van der Waals surface area contributed by atoms with Gasteiger partial charge in [-0.1, -0.05) is 11.6 Å². The number of likely N-dealkylation sites (tertiary alicyclic amines) is 1. The summed E-state index contributed by atoms with van der Waals surface area (Å²) in [7, 11) is 2.68. The van der Waals surface area contributed by atoms with Gasteiger partial charge in [-0.25, -0.2) is 4.79 Å². The fourth-order valence-corrected chi connectivity index (χ4v) is 4.22. The molecule has 0 aliphatic carbocycles. The lowest BCUT2D eigenvalue weighted by molar-refractivity contribution is -0.141. The Labute approximate surface area is 179 Å². The summed E-state index contributed by atoms with van der Waals surface area (Å²) in [4.78, 5) is 14.0. The molecule has 2 aliphatic rings. The minimum atomic E-state index is -4.29. The molecule has 1 aromatic carbocycles. The largest absolute Gasteiger partial charge is 0.495 e. The van der Waals surface area contributed by atoms with Crippen LogP contribution in [0, 0.1) is 6.92 Å². The van der Waals surface area contributed by atoms with Gasteiger partial charge in [-0.3, -0.25) is 0 Å². The zero-order chi connectivity index (χ0) is 22.5. The molecule has 2 fully saturated rings. The molecule has 10 heteroatoms. The van der Waals surface area contributed by atoms with Crippen molar-refractivity contribution in [2.24, 2.45) is 0 Å². The van der Waals surface area contributed by atoms with E-state index in [1.54, 1.807) is 12.1 Å². The van der Waals surface area contributed by atoms with Crippen LogP contribution in [0.5, 0.6) is 0 Å².